The van der Waals surface area contributed by atoms with Crippen molar-refractivity contribution in [2.45, 2.75) is 32.4 Å². The summed E-state index contributed by atoms with van der Waals surface area (Å²) in [5, 5.41) is 12.6. The smallest absolute Gasteiger partial charge is 0.115 e. The van der Waals surface area contributed by atoms with E-state index in [1.54, 1.807) is 12.1 Å². The van der Waals surface area contributed by atoms with Crippen LogP contribution in [0, 0.1) is 0 Å². The minimum Gasteiger partial charge on any atom is -0.508 e. The molecule has 0 heterocycles. The van der Waals surface area contributed by atoms with E-state index >= 15 is 0 Å². The second kappa shape index (κ2) is 5.56. The molecule has 2 unspecified atom stereocenters. The molecule has 82 valence electrons. The van der Waals surface area contributed by atoms with Crippen LogP contribution in [-0.4, -0.2) is 11.1 Å². The van der Waals surface area contributed by atoms with Crippen LogP contribution in [0.4, 0.5) is 0 Å². The van der Waals surface area contributed by atoms with E-state index in [1.807, 2.05) is 18.2 Å². The van der Waals surface area contributed by atoms with Gasteiger partial charge in [-0.3, -0.25) is 0 Å². The van der Waals surface area contributed by atoms with Crippen LogP contribution in [0.1, 0.15) is 31.9 Å². The van der Waals surface area contributed by atoms with E-state index in [0.29, 0.717) is 17.8 Å². The van der Waals surface area contributed by atoms with Gasteiger partial charge in [0.05, 0.1) is 0 Å². The minimum atomic E-state index is 0.292. The van der Waals surface area contributed by atoms with Crippen LogP contribution in [-0.2, 0) is 0 Å². The number of hydrogen-bond acceptors (Lipinski definition) is 2. The van der Waals surface area contributed by atoms with E-state index in [0.717, 1.165) is 6.42 Å². The zero-order valence-electron chi connectivity index (χ0n) is 9.40. The number of aromatic hydroxyl groups is 1. The quantitative estimate of drug-likeness (QED) is 0.724. The van der Waals surface area contributed by atoms with Crippen LogP contribution in [0.2, 0.25) is 0 Å². The molecule has 0 bridgehead atoms. The summed E-state index contributed by atoms with van der Waals surface area (Å²) in [7, 11) is 0. The third kappa shape index (κ3) is 3.76. The summed E-state index contributed by atoms with van der Waals surface area (Å²) in [5.41, 5.74) is 1.18. The van der Waals surface area contributed by atoms with Crippen molar-refractivity contribution in [1.29, 1.82) is 0 Å². The first-order valence-corrected chi connectivity index (χ1v) is 5.29. The van der Waals surface area contributed by atoms with Gasteiger partial charge in [0.15, 0.2) is 0 Å². The van der Waals surface area contributed by atoms with E-state index in [-0.39, 0.29) is 0 Å². The number of phenolic OH excluding ortho intramolecular Hbond substituents is 1. The lowest BCUT2D eigenvalue weighted by Crippen LogP contribution is -2.28. The van der Waals surface area contributed by atoms with Gasteiger partial charge in [0.1, 0.15) is 5.75 Å². The van der Waals surface area contributed by atoms with Gasteiger partial charge in [-0.15, -0.1) is 6.58 Å². The lowest BCUT2D eigenvalue weighted by Gasteiger charge is -2.19. The molecule has 0 aliphatic carbocycles. The molecular weight excluding hydrogens is 186 g/mol. The first kappa shape index (κ1) is 11.8. The summed E-state index contributed by atoms with van der Waals surface area (Å²) >= 11 is 0. The van der Waals surface area contributed by atoms with Crippen LogP contribution < -0.4 is 5.32 Å². The van der Waals surface area contributed by atoms with Crippen LogP contribution in [0.3, 0.4) is 0 Å². The molecule has 0 aromatic heterocycles. The highest BCUT2D eigenvalue weighted by Crippen LogP contribution is 2.17. The predicted molar refractivity (Wildman–Crippen MR) is 63.9 cm³/mol. The summed E-state index contributed by atoms with van der Waals surface area (Å²) in [6.07, 6.45) is 2.88. The molecule has 1 rings (SSSR count). The Labute approximate surface area is 91.6 Å². The molecule has 0 fully saturated rings. The first-order chi connectivity index (χ1) is 7.13. The average molecular weight is 205 g/mol. The molecule has 0 saturated carbocycles. The van der Waals surface area contributed by atoms with E-state index in [9.17, 15) is 5.11 Å². The zero-order valence-corrected chi connectivity index (χ0v) is 9.40. The second-order valence-corrected chi connectivity index (χ2v) is 3.91. The van der Waals surface area contributed by atoms with Crippen LogP contribution in [0.5, 0.6) is 5.75 Å². The topological polar surface area (TPSA) is 32.3 Å². The Morgan fingerprint density at radius 2 is 1.93 bits per heavy atom. The Bertz CT molecular complexity index is 305. The van der Waals surface area contributed by atoms with E-state index < -0.39 is 0 Å². The van der Waals surface area contributed by atoms with Crippen molar-refractivity contribution in [3.8, 4) is 5.75 Å². The van der Waals surface area contributed by atoms with E-state index in [4.69, 9.17) is 0 Å². The highest BCUT2D eigenvalue weighted by Gasteiger charge is 2.07. The molecule has 1 aromatic rings. The normalized spacial score (nSPS) is 14.5. The third-order valence-corrected chi connectivity index (χ3v) is 2.45. The van der Waals surface area contributed by atoms with Crippen molar-refractivity contribution in [1.82, 2.24) is 5.32 Å². The van der Waals surface area contributed by atoms with Crippen LogP contribution >= 0.6 is 0 Å². The summed E-state index contributed by atoms with van der Waals surface area (Å²) < 4.78 is 0. The number of nitrogens with one attached hydrogen (secondary N) is 1. The first-order valence-electron chi connectivity index (χ1n) is 5.29. The average Bonchev–Trinajstić information content (AvgIpc) is 2.18. The van der Waals surface area contributed by atoms with Crippen molar-refractivity contribution in [3.63, 3.8) is 0 Å². The van der Waals surface area contributed by atoms with Gasteiger partial charge in [-0.05, 0) is 38.0 Å². The summed E-state index contributed by atoms with van der Waals surface area (Å²) in [4.78, 5) is 0. The molecule has 0 aliphatic heterocycles. The Kier molecular flexibility index (Phi) is 4.37. The number of rotatable bonds is 5. The molecule has 0 aliphatic rings. The number of phenols is 1. The fraction of sp³-hybridized carbons (Fsp3) is 0.385. The van der Waals surface area contributed by atoms with Gasteiger partial charge >= 0.3 is 0 Å². The fourth-order valence-electron chi connectivity index (χ4n) is 1.60. The highest BCUT2D eigenvalue weighted by atomic mass is 16.3. The van der Waals surface area contributed by atoms with Gasteiger partial charge in [0.25, 0.3) is 0 Å². The molecule has 2 atom stereocenters. The Morgan fingerprint density at radius 3 is 2.47 bits per heavy atom. The Hall–Kier alpha value is -1.28. The van der Waals surface area contributed by atoms with Gasteiger partial charge in [0, 0.05) is 12.1 Å². The Morgan fingerprint density at radius 1 is 1.33 bits per heavy atom. The minimum absolute atomic E-state index is 0.292. The third-order valence-electron chi connectivity index (χ3n) is 2.45. The number of hydrogen-bond donors (Lipinski definition) is 2. The second-order valence-electron chi connectivity index (χ2n) is 3.91. The maximum Gasteiger partial charge on any atom is 0.115 e. The molecule has 2 N–H and O–H groups in total. The SMILES string of the molecule is C=CCC(C)NC(C)c1ccc(O)cc1. The van der Waals surface area contributed by atoms with Crippen molar-refractivity contribution in [2.24, 2.45) is 0 Å². The van der Waals surface area contributed by atoms with Crippen molar-refractivity contribution >= 4 is 0 Å². The maximum atomic E-state index is 9.17. The highest BCUT2D eigenvalue weighted by molar-refractivity contribution is 5.27. The van der Waals surface area contributed by atoms with Gasteiger partial charge < -0.3 is 10.4 Å². The molecule has 2 nitrogen and oxygen atoms in total. The standard InChI is InChI=1S/C13H19NO/c1-4-5-10(2)14-11(3)12-6-8-13(15)9-7-12/h4,6-11,14-15H,1,5H2,2-3H3. The van der Waals surface area contributed by atoms with Crippen molar-refractivity contribution < 1.29 is 5.11 Å². The zero-order chi connectivity index (χ0) is 11.3. The van der Waals surface area contributed by atoms with Crippen LogP contribution in [0.25, 0.3) is 0 Å². The fourth-order valence-corrected chi connectivity index (χ4v) is 1.60. The summed E-state index contributed by atoms with van der Waals surface area (Å²) in [5.74, 6) is 0.310. The van der Waals surface area contributed by atoms with Gasteiger partial charge in [0.2, 0.25) is 0 Å². The predicted octanol–water partition coefficient (Wildman–Crippen LogP) is 3.01. The van der Waals surface area contributed by atoms with Crippen molar-refractivity contribution in [2.75, 3.05) is 0 Å². The van der Waals surface area contributed by atoms with Crippen molar-refractivity contribution in [3.05, 3.63) is 42.5 Å². The summed E-state index contributed by atoms with van der Waals surface area (Å²) in [6, 6.07) is 8.02. The molecule has 0 saturated heterocycles. The lowest BCUT2D eigenvalue weighted by molar-refractivity contribution is 0.470. The molecule has 0 amide bonds. The molecular formula is C13H19NO. The number of benzene rings is 1. The van der Waals surface area contributed by atoms with Crippen LogP contribution in [0.15, 0.2) is 36.9 Å². The molecule has 0 spiro atoms. The van der Waals surface area contributed by atoms with E-state index in [1.165, 1.54) is 5.56 Å². The van der Waals surface area contributed by atoms with Gasteiger partial charge in [-0.25, -0.2) is 0 Å². The summed E-state index contributed by atoms with van der Waals surface area (Å²) in [6.45, 7) is 7.97. The monoisotopic (exact) mass is 205 g/mol. The Balaban J connectivity index is 2.56. The van der Waals surface area contributed by atoms with Gasteiger partial charge in [-0.1, -0.05) is 18.2 Å². The molecule has 15 heavy (non-hydrogen) atoms. The van der Waals surface area contributed by atoms with E-state index in [2.05, 4.69) is 25.7 Å². The molecule has 2 heteroatoms. The van der Waals surface area contributed by atoms with Gasteiger partial charge in [-0.2, -0.15) is 0 Å². The largest absolute Gasteiger partial charge is 0.508 e. The lowest BCUT2D eigenvalue weighted by atomic mass is 10.1. The molecule has 0 radical (unpaired) electrons. The maximum absolute atomic E-state index is 9.17. The molecule has 1 aromatic carbocycles.